The Kier molecular flexibility index (Phi) is 22.4. The zero-order valence-electron chi connectivity index (χ0n) is 80.9. The number of unbranched alkanes of at least 4 members (excludes halogenated alkanes) is 20. The molecule has 0 amide bonds. The van der Waals surface area contributed by atoms with Crippen molar-refractivity contribution in [3.05, 3.63) is 299 Å². The highest BCUT2D eigenvalue weighted by molar-refractivity contribution is 7.13. The van der Waals surface area contributed by atoms with Gasteiger partial charge in [0, 0.05) is 54.3 Å². The number of fused-ring (bicyclic) bond motifs is 27. The molecule has 132 heavy (non-hydrogen) atoms. The summed E-state index contributed by atoms with van der Waals surface area (Å²) < 4.78 is 14.7. The highest BCUT2D eigenvalue weighted by Crippen LogP contribution is 2.62. The van der Waals surface area contributed by atoms with Crippen molar-refractivity contribution in [1.82, 2.24) is 0 Å². The Hall–Kier alpha value is -10.9. The molecule has 0 saturated carbocycles. The summed E-state index contributed by atoms with van der Waals surface area (Å²) in [5.74, 6) is 0. The third kappa shape index (κ3) is 13.9. The summed E-state index contributed by atoms with van der Waals surface area (Å²) in [7, 11) is -5.04. The van der Waals surface area contributed by atoms with Crippen molar-refractivity contribution in [2.45, 2.75) is 283 Å². The molecule has 6 aliphatic rings. The van der Waals surface area contributed by atoms with Gasteiger partial charge < -0.3 is 8.83 Å². The summed E-state index contributed by atoms with van der Waals surface area (Å²) >= 11 is 0. The smallest absolute Gasteiger partial charge is 0.143 e. The van der Waals surface area contributed by atoms with Crippen LogP contribution in [0, 0.1) is 0 Å². The molecule has 0 atom stereocenters. The minimum atomic E-state index is -2.52. The molecule has 0 N–H and O–H groups in total. The maximum absolute atomic E-state index is 7.37. The molecule has 4 heteroatoms. The van der Waals surface area contributed by atoms with Crippen LogP contribution in [0.3, 0.4) is 0 Å². The first-order valence-corrected chi connectivity index (χ1v) is 57.7. The van der Waals surface area contributed by atoms with Crippen molar-refractivity contribution in [3.63, 3.8) is 0 Å². The highest BCUT2D eigenvalue weighted by Gasteiger charge is 2.52. The molecule has 14 aromatic carbocycles. The molecule has 0 fully saturated rings. The van der Waals surface area contributed by atoms with Gasteiger partial charge in [-0.3, -0.25) is 0 Å². The van der Waals surface area contributed by atoms with E-state index in [1.807, 2.05) is 0 Å². The molecule has 0 bridgehead atoms. The van der Waals surface area contributed by atoms with Crippen LogP contribution in [-0.4, -0.2) is 16.1 Å². The maximum Gasteiger partial charge on any atom is 0.143 e. The quantitative estimate of drug-likeness (QED) is 0.0303. The molecule has 22 rings (SSSR count). The van der Waals surface area contributed by atoms with Gasteiger partial charge in [0.05, 0.1) is 0 Å². The zero-order valence-corrected chi connectivity index (χ0v) is 82.9. The molecular formula is C128H134O2Si2. The van der Waals surface area contributed by atoms with Crippen LogP contribution in [0.2, 0.25) is 26.2 Å². The fourth-order valence-corrected chi connectivity index (χ4v) is 35.2. The molecule has 16 aromatic rings. The second kappa shape index (κ2) is 34.2. The zero-order chi connectivity index (χ0) is 90.2. The fraction of sp³-hybridized carbons (Fsp3) is 0.344. The van der Waals surface area contributed by atoms with E-state index in [2.05, 4.69) is 336 Å². The molecule has 4 heterocycles. The van der Waals surface area contributed by atoms with Gasteiger partial charge in [-0.05, 0) is 251 Å². The minimum Gasteiger partial charge on any atom is -0.455 e. The lowest BCUT2D eigenvalue weighted by Gasteiger charge is -2.33. The van der Waals surface area contributed by atoms with Crippen molar-refractivity contribution >= 4 is 80.8 Å². The topological polar surface area (TPSA) is 26.3 Å². The Morgan fingerprint density at radius 1 is 0.227 bits per heavy atom. The van der Waals surface area contributed by atoms with E-state index in [4.69, 9.17) is 8.83 Å². The summed E-state index contributed by atoms with van der Waals surface area (Å²) in [6, 6.07) is 101. The van der Waals surface area contributed by atoms with E-state index in [-0.39, 0.29) is 21.7 Å². The van der Waals surface area contributed by atoms with Gasteiger partial charge in [0.25, 0.3) is 0 Å². The van der Waals surface area contributed by atoms with Crippen LogP contribution in [0.1, 0.15) is 280 Å². The monoisotopic (exact) mass is 1760 g/mol. The van der Waals surface area contributed by atoms with E-state index in [9.17, 15) is 0 Å². The number of furan rings is 2. The molecule has 666 valence electrons. The van der Waals surface area contributed by atoms with Crippen molar-refractivity contribution < 1.29 is 8.83 Å². The van der Waals surface area contributed by atoms with Crippen LogP contribution in [0.15, 0.2) is 264 Å². The average Bonchev–Trinajstić information content (AvgIpc) is 1.50. The predicted molar refractivity (Wildman–Crippen MR) is 572 cm³/mol. The van der Waals surface area contributed by atoms with Gasteiger partial charge in [0.15, 0.2) is 0 Å². The lowest BCUT2D eigenvalue weighted by atomic mass is 9.70. The second-order valence-electron chi connectivity index (χ2n) is 43.2. The lowest BCUT2D eigenvalue weighted by Crippen LogP contribution is -2.63. The third-order valence-corrected chi connectivity index (χ3v) is 41.1. The lowest BCUT2D eigenvalue weighted by molar-refractivity contribution is 0.398. The van der Waals surface area contributed by atoms with Crippen molar-refractivity contribution in [1.29, 1.82) is 0 Å². The molecule has 2 aromatic heterocycles. The van der Waals surface area contributed by atoms with Crippen molar-refractivity contribution in [3.8, 4) is 122 Å². The first-order chi connectivity index (χ1) is 64.3. The summed E-state index contributed by atoms with van der Waals surface area (Å²) in [5.41, 5.74) is 45.1. The van der Waals surface area contributed by atoms with Gasteiger partial charge in [-0.25, -0.2) is 0 Å². The largest absolute Gasteiger partial charge is 0.455 e. The Morgan fingerprint density at radius 2 is 0.500 bits per heavy atom. The van der Waals surface area contributed by atoms with E-state index in [1.54, 1.807) is 32.6 Å². The first kappa shape index (κ1) is 86.5. The highest BCUT2D eigenvalue weighted by atomic mass is 28.3. The predicted octanol–water partition coefficient (Wildman–Crippen LogP) is 35.6. The number of benzene rings is 14. The van der Waals surface area contributed by atoms with Crippen LogP contribution >= 0.6 is 0 Å². The molecule has 0 spiro atoms. The molecular weight excluding hydrogens is 1630 g/mol. The fourth-order valence-electron chi connectivity index (χ4n) is 26.8. The number of rotatable bonds is 33. The van der Waals surface area contributed by atoms with E-state index in [1.165, 1.54) is 356 Å². The maximum atomic E-state index is 7.37. The number of hydrogen-bond donors (Lipinski definition) is 0. The summed E-state index contributed by atoms with van der Waals surface area (Å²) in [4.78, 5) is 0. The number of hydrogen-bond acceptors (Lipinski definition) is 2. The van der Waals surface area contributed by atoms with Gasteiger partial charge in [-0.2, -0.15) is 0 Å². The second-order valence-corrected chi connectivity index (χ2v) is 51.8. The van der Waals surface area contributed by atoms with Crippen molar-refractivity contribution in [2.24, 2.45) is 0 Å². The van der Waals surface area contributed by atoms with Crippen LogP contribution in [-0.2, 0) is 21.7 Å². The van der Waals surface area contributed by atoms with Crippen molar-refractivity contribution in [2.75, 3.05) is 0 Å². The van der Waals surface area contributed by atoms with E-state index >= 15 is 0 Å². The summed E-state index contributed by atoms with van der Waals surface area (Å²) in [6.45, 7) is 29.8. The Morgan fingerprint density at radius 3 is 0.902 bits per heavy atom. The molecule has 0 radical (unpaired) electrons. The van der Waals surface area contributed by atoms with Gasteiger partial charge in [0.1, 0.15) is 38.5 Å². The third-order valence-electron chi connectivity index (χ3n) is 33.9. The van der Waals surface area contributed by atoms with Gasteiger partial charge >= 0.3 is 0 Å². The van der Waals surface area contributed by atoms with E-state index in [0.29, 0.717) is 0 Å². The van der Waals surface area contributed by atoms with Gasteiger partial charge in [-0.1, -0.05) is 442 Å². The molecule has 2 nitrogen and oxygen atoms in total. The van der Waals surface area contributed by atoms with Crippen LogP contribution < -0.4 is 20.7 Å². The van der Waals surface area contributed by atoms with Gasteiger partial charge in [0.2, 0.25) is 0 Å². The van der Waals surface area contributed by atoms with E-state index in [0.717, 1.165) is 22.3 Å². The molecule has 0 saturated heterocycles. The van der Waals surface area contributed by atoms with Crippen LogP contribution in [0.5, 0.6) is 0 Å². The molecule has 4 aliphatic carbocycles. The summed E-state index contributed by atoms with van der Waals surface area (Å²) in [5, 5.41) is 10.8. The first-order valence-electron chi connectivity index (χ1n) is 51.7. The average molecular weight is 1760 g/mol. The normalized spacial score (nSPS) is 15.6. The SMILES string of the molecule is CCCCCCCCC1(CCCCCCCC)c2ccccc2-c2ccc(-c3ccc4c(c3)C(C)(C)c3cc(-c5ccc(-c6cc7c(c8oc9ccccc9c68)-c6ccc8c(c6[Si]7(C)C)[Si](C)(C)c6cc(-c7ccc(-c9ccc%10c(c9)C(C)(C)c9cc%11c(cc9-%10)C(CCCCCCCC)(CCCCCCCC)c9ccccc9-%11)cc7)c7c(oc9ccccc97)c6-8)cc5)ccc3-4)cc21. The summed E-state index contributed by atoms with van der Waals surface area (Å²) in [6.07, 6.45) is 36.7. The Balaban J connectivity index is 0.564. The van der Waals surface area contributed by atoms with E-state index < -0.39 is 16.1 Å². The number of para-hydroxylation sites is 2. The van der Waals surface area contributed by atoms with Crippen LogP contribution in [0.25, 0.3) is 166 Å². The van der Waals surface area contributed by atoms with Gasteiger partial charge in [-0.15, -0.1) is 0 Å². The van der Waals surface area contributed by atoms with Crippen LogP contribution in [0.4, 0.5) is 0 Å². The minimum absolute atomic E-state index is 0.0417. The molecule has 0 unspecified atom stereocenters. The Bertz CT molecular complexity index is 7170. The molecule has 2 aliphatic heterocycles. The Labute approximate surface area is 788 Å². The standard InChI is InChI=1S/C128H134O2Si2/c1-13-17-21-25-29-41-71-127(72-42-30-26-22-18-14-2)105-49-37-33-45-91(105)95-67-64-90(78-111(95)127)89-63-66-94-93-65-61-87(75-107(93)125(5,6)108(94)77-89)83-53-57-85(58-54-83)101-81-115-119(121-117(101)97-47-35-39-51-113(97)129-121)99-69-70-100-120-116(132(11,12)124(100)123(99)131(115,9)10)82-102(118-98-48-36-40-52-114(98)130-122(118)120)86-59-55-84(56-60-86)88-62-68-96-103-80-112-104(79-110(103)126(7,8)109(96)76-88)92-46-34-38-50-106(92)128(112,73-43-31-27-23-19-15-3)74-44-32-28-24-20-16-4/h33-40,45-70,75-82H,13-32,41-44,71-74H2,1-12H3.